The van der Waals surface area contributed by atoms with E-state index < -0.39 is 18.9 Å². The molecule has 1 aliphatic heterocycles. The quantitative estimate of drug-likeness (QED) is 0.708. The molecule has 1 saturated heterocycles. The Hall–Kier alpha value is -3.03. The van der Waals surface area contributed by atoms with Crippen LogP contribution in [0.25, 0.3) is 5.57 Å². The van der Waals surface area contributed by atoms with E-state index in [9.17, 15) is 14.4 Å². The monoisotopic (exact) mass is 428 g/mol. The zero-order valence-corrected chi connectivity index (χ0v) is 16.9. The van der Waals surface area contributed by atoms with Gasteiger partial charge in [0.25, 0.3) is 0 Å². The van der Waals surface area contributed by atoms with E-state index in [1.54, 1.807) is 4.90 Å². The number of likely N-dealkylation sites (tertiary alicyclic amines) is 1. The predicted molar refractivity (Wildman–Crippen MR) is 116 cm³/mol. The van der Waals surface area contributed by atoms with E-state index in [-0.39, 0.29) is 5.78 Å². The summed E-state index contributed by atoms with van der Waals surface area (Å²) in [4.78, 5) is 34.2. The lowest BCUT2D eigenvalue weighted by atomic mass is 9.88. The lowest BCUT2D eigenvalue weighted by molar-refractivity contribution is -0.134. The number of benzene rings is 1. The highest BCUT2D eigenvalue weighted by Crippen LogP contribution is 2.40. The minimum atomic E-state index is -2.03. The first kappa shape index (κ1) is 17.8. The molecule has 0 atom stereocenters. The molecule has 0 unspecified atom stereocenters. The van der Waals surface area contributed by atoms with Crippen molar-refractivity contribution in [2.24, 2.45) is 0 Å². The van der Waals surface area contributed by atoms with Crippen LogP contribution in [0.3, 0.4) is 0 Å². The van der Waals surface area contributed by atoms with Gasteiger partial charge in [-0.3, -0.25) is 4.79 Å². The molecule has 2 heterocycles. The summed E-state index contributed by atoms with van der Waals surface area (Å²) in [5.74, 6) is -2.34. The lowest BCUT2D eigenvalue weighted by Gasteiger charge is -2.27. The first-order valence-electron chi connectivity index (χ1n) is 10.9. The van der Waals surface area contributed by atoms with Crippen molar-refractivity contribution in [3.8, 4) is 0 Å². The number of carbonyl (C=O) groups is 3. The highest BCUT2D eigenvalue weighted by atomic mass is 32.1. The molecule has 4 rings (SSSR count). The highest BCUT2D eigenvalue weighted by molar-refractivity contribution is 7.12. The fourth-order valence-electron chi connectivity index (χ4n) is 3.59. The molecule has 0 bridgehead atoms. The second kappa shape index (κ2) is 9.65. The van der Waals surface area contributed by atoms with E-state index in [0.717, 1.165) is 40.0 Å². The van der Waals surface area contributed by atoms with Gasteiger partial charge in [-0.2, -0.15) is 0 Å². The summed E-state index contributed by atoms with van der Waals surface area (Å²) in [6.07, 6.45) is 3.00. The Balaban J connectivity index is 0.000000331. The third-order valence-corrected chi connectivity index (χ3v) is 5.87. The summed E-state index contributed by atoms with van der Waals surface area (Å²) in [6.45, 7) is -0.961. The van der Waals surface area contributed by atoms with Crippen LogP contribution in [0.15, 0.2) is 53.4 Å². The van der Waals surface area contributed by atoms with Gasteiger partial charge in [-0.05, 0) is 48.0 Å². The maximum absolute atomic E-state index is 12.6. The molecule has 7 heteroatoms. The first-order chi connectivity index (χ1) is 15.6. The number of rotatable bonds is 2. The van der Waals surface area contributed by atoms with Crippen LogP contribution in [0.5, 0.6) is 0 Å². The van der Waals surface area contributed by atoms with Gasteiger partial charge in [-0.25, -0.2) is 9.59 Å². The van der Waals surface area contributed by atoms with Crippen LogP contribution in [-0.2, 0) is 16.0 Å². The van der Waals surface area contributed by atoms with Gasteiger partial charge in [0, 0.05) is 41.3 Å². The average Bonchev–Trinajstić information content (AvgIpc) is 3.19. The summed E-state index contributed by atoms with van der Waals surface area (Å²) in [5, 5.41) is 17.6. The average molecular weight is 429 g/mol. The number of hydrogen-bond acceptors (Lipinski definition) is 5. The van der Waals surface area contributed by atoms with Crippen LogP contribution in [0, 0.1) is 0 Å². The zero-order chi connectivity index (χ0) is 24.2. The third-order valence-electron chi connectivity index (χ3n) is 4.91. The van der Waals surface area contributed by atoms with Gasteiger partial charge in [0.2, 0.25) is 0 Å². The normalized spacial score (nSPS) is 18.3. The van der Waals surface area contributed by atoms with Crippen molar-refractivity contribution in [2.45, 2.75) is 19.3 Å². The number of thiophene rings is 1. The number of carboxylic acid groups (broad SMARTS) is 2. The second-order valence-electron chi connectivity index (χ2n) is 6.90. The van der Waals surface area contributed by atoms with Gasteiger partial charge in [-0.15, -0.1) is 11.3 Å². The maximum atomic E-state index is 12.6. The molecule has 1 aromatic carbocycles. The topological polar surface area (TPSA) is 94.9 Å². The number of hydrogen-bond donors (Lipinski definition) is 2. The third kappa shape index (κ3) is 5.11. The van der Waals surface area contributed by atoms with Crippen molar-refractivity contribution in [3.05, 3.63) is 75.0 Å². The molecule has 1 aromatic heterocycles. The Bertz CT molecular complexity index is 1110. The Kier molecular flexibility index (Phi) is 5.72. The summed E-state index contributed by atoms with van der Waals surface area (Å²) >= 11 is 1.51. The molecule has 0 spiro atoms. The minimum absolute atomic E-state index is 0.174. The fourth-order valence-corrected chi connectivity index (χ4v) is 4.43. The van der Waals surface area contributed by atoms with E-state index in [4.69, 9.17) is 14.3 Å². The van der Waals surface area contributed by atoms with Gasteiger partial charge in [0.1, 0.15) is 0 Å². The van der Waals surface area contributed by atoms with Crippen LogP contribution < -0.4 is 0 Å². The number of carboxylic acids is 2. The molecule has 156 valence electrons. The molecule has 30 heavy (non-hydrogen) atoms. The van der Waals surface area contributed by atoms with Crippen LogP contribution in [0.2, 0.25) is 0 Å². The lowest BCUT2D eigenvalue weighted by Crippen LogP contribution is -2.27. The number of fused-ring (bicyclic) bond motifs is 2. The SMILES string of the molecule is O=C(O)C=CC(=O)O.[2H]C([2H])([2H])N1CCC(=C2c3ccccc3CC(=O)c3sccc32)CC1. The van der Waals surface area contributed by atoms with Crippen LogP contribution in [0.4, 0.5) is 0 Å². The van der Waals surface area contributed by atoms with Crippen molar-refractivity contribution < 1.29 is 28.7 Å². The highest BCUT2D eigenvalue weighted by Gasteiger charge is 2.27. The Morgan fingerprint density at radius 3 is 2.37 bits per heavy atom. The maximum Gasteiger partial charge on any atom is 0.328 e. The van der Waals surface area contributed by atoms with Gasteiger partial charge >= 0.3 is 11.9 Å². The van der Waals surface area contributed by atoms with Gasteiger partial charge in [-0.1, -0.05) is 29.8 Å². The molecule has 2 aromatic rings. The van der Waals surface area contributed by atoms with Crippen molar-refractivity contribution in [2.75, 3.05) is 20.1 Å². The molecule has 6 nitrogen and oxygen atoms in total. The number of aliphatic carboxylic acids is 2. The van der Waals surface area contributed by atoms with Crippen LogP contribution >= 0.6 is 11.3 Å². The molecule has 0 saturated carbocycles. The molecule has 0 amide bonds. The number of nitrogens with zero attached hydrogens (tertiary/aromatic N) is 1. The minimum Gasteiger partial charge on any atom is -0.478 e. The van der Waals surface area contributed by atoms with Gasteiger partial charge in [0.05, 0.1) is 4.88 Å². The second-order valence-corrected chi connectivity index (χ2v) is 7.81. The van der Waals surface area contributed by atoms with Crippen molar-refractivity contribution in [3.63, 3.8) is 0 Å². The van der Waals surface area contributed by atoms with Crippen LogP contribution in [0.1, 0.15) is 43.3 Å². The first-order valence-corrected chi connectivity index (χ1v) is 10.3. The fraction of sp³-hybridized carbons (Fsp3) is 0.261. The van der Waals surface area contributed by atoms with Crippen molar-refractivity contribution in [1.29, 1.82) is 0 Å². The largest absolute Gasteiger partial charge is 0.478 e. The van der Waals surface area contributed by atoms with E-state index in [1.807, 2.05) is 29.6 Å². The standard InChI is InChI=1S/C19H19NOS.C4H4O4/c1-20-9-6-13(7-10-20)18-15-5-3-2-4-14(15)12-17(21)19-16(18)8-11-22-19;5-3(6)1-2-4(7)8/h2-5,8,11H,6-7,9-10,12H2,1H3;1-2H,(H,5,6)(H,7,8)/i1D3;. The summed E-state index contributed by atoms with van der Waals surface area (Å²) < 4.78 is 22.8. The Labute approximate surface area is 183 Å². The predicted octanol–water partition coefficient (Wildman–Crippen LogP) is 3.73. The Morgan fingerprint density at radius 2 is 1.73 bits per heavy atom. The summed E-state index contributed by atoms with van der Waals surface area (Å²) in [5.41, 5.74) is 5.64. The zero-order valence-electron chi connectivity index (χ0n) is 19.1. The number of Topliss-reactive ketones (excluding diaryl/α,β-unsaturated/α-hetero) is 1. The van der Waals surface area contributed by atoms with Crippen molar-refractivity contribution >= 4 is 34.6 Å². The molecular weight excluding hydrogens is 402 g/mol. The number of piperidine rings is 1. The van der Waals surface area contributed by atoms with Crippen LogP contribution in [-0.4, -0.2) is 52.9 Å². The Morgan fingerprint density at radius 1 is 1.07 bits per heavy atom. The molecule has 1 fully saturated rings. The van der Waals surface area contributed by atoms with Crippen molar-refractivity contribution in [1.82, 2.24) is 4.90 Å². The van der Waals surface area contributed by atoms with E-state index in [0.29, 0.717) is 31.7 Å². The molecule has 2 aliphatic rings. The van der Waals surface area contributed by atoms with E-state index in [2.05, 4.69) is 6.07 Å². The number of carbonyl (C=O) groups excluding carboxylic acids is 1. The summed E-state index contributed by atoms with van der Waals surface area (Å²) in [7, 11) is 0. The molecule has 0 radical (unpaired) electrons. The smallest absolute Gasteiger partial charge is 0.328 e. The number of ketones is 1. The molecule has 1 aliphatic carbocycles. The van der Waals surface area contributed by atoms with E-state index >= 15 is 0 Å². The van der Waals surface area contributed by atoms with E-state index in [1.165, 1.54) is 16.9 Å². The molecule has 2 N–H and O–H groups in total. The molecular formula is C23H23NO5S. The van der Waals surface area contributed by atoms with Gasteiger partial charge < -0.3 is 15.1 Å². The summed E-state index contributed by atoms with van der Waals surface area (Å²) in [6, 6.07) is 10.2. The van der Waals surface area contributed by atoms with Gasteiger partial charge in [0.15, 0.2) is 5.78 Å².